The van der Waals surface area contributed by atoms with Crippen molar-refractivity contribution < 1.29 is 37.2 Å². The molecular formula is C14H19INO3S-. The molecule has 0 amide bonds. The summed E-state index contributed by atoms with van der Waals surface area (Å²) in [6.07, 6.45) is 0.404. The van der Waals surface area contributed by atoms with Crippen LogP contribution in [-0.2, 0) is 15.5 Å². The summed E-state index contributed by atoms with van der Waals surface area (Å²) in [5, 5.41) is 0. The maximum atomic E-state index is 10.7. The summed E-state index contributed by atoms with van der Waals surface area (Å²) in [5.41, 5.74) is 2.61. The fourth-order valence-corrected chi connectivity index (χ4v) is 6.44. The normalized spacial score (nSPS) is 18.4. The summed E-state index contributed by atoms with van der Waals surface area (Å²) in [7, 11) is -4.11. The van der Waals surface area contributed by atoms with Crippen molar-refractivity contribution in [2.45, 2.75) is 32.6 Å². The fourth-order valence-electron chi connectivity index (χ4n) is 2.30. The van der Waals surface area contributed by atoms with Gasteiger partial charge in [0.25, 0.3) is 0 Å². The van der Waals surface area contributed by atoms with Gasteiger partial charge in [0.2, 0.25) is 0 Å². The Morgan fingerprint density at radius 1 is 1.30 bits per heavy atom. The van der Waals surface area contributed by atoms with Gasteiger partial charge in [0.15, 0.2) is 0 Å². The van der Waals surface area contributed by atoms with Gasteiger partial charge >= 0.3 is 131 Å². The van der Waals surface area contributed by atoms with Crippen molar-refractivity contribution in [3.05, 3.63) is 33.4 Å². The third-order valence-electron chi connectivity index (χ3n) is 3.76. The van der Waals surface area contributed by atoms with Crippen molar-refractivity contribution in [1.29, 1.82) is 0 Å². The molecule has 0 N–H and O–H groups in total. The molecule has 6 heteroatoms. The monoisotopic (exact) mass is 408 g/mol. The summed E-state index contributed by atoms with van der Waals surface area (Å²) < 4.78 is 35.8. The average Bonchev–Trinajstić information content (AvgIpc) is 2.34. The number of benzene rings is 1. The Morgan fingerprint density at radius 2 is 1.95 bits per heavy atom. The van der Waals surface area contributed by atoms with Gasteiger partial charge in [0.1, 0.15) is 0 Å². The van der Waals surface area contributed by atoms with Crippen molar-refractivity contribution in [3.63, 3.8) is 0 Å². The first kappa shape index (κ1) is 15.9. The average molecular weight is 408 g/mol. The summed E-state index contributed by atoms with van der Waals surface area (Å²) in [5.74, 6) is -0.275. The predicted octanol–water partition coefficient (Wildman–Crippen LogP) is -1.44. The zero-order chi connectivity index (χ0) is 15.0. The third-order valence-corrected chi connectivity index (χ3v) is 7.80. The number of hydrogen-bond acceptors (Lipinski definition) is 3. The molecule has 0 fully saturated rings. The van der Waals surface area contributed by atoms with Crippen LogP contribution in [0.25, 0.3) is 0 Å². The van der Waals surface area contributed by atoms with E-state index in [0.29, 0.717) is 13.0 Å². The van der Waals surface area contributed by atoms with Gasteiger partial charge in [-0.25, -0.2) is 0 Å². The third kappa shape index (κ3) is 3.40. The topological polar surface area (TPSA) is 60.2 Å². The maximum absolute atomic E-state index is 10.7. The molecule has 0 bridgehead atoms. The Morgan fingerprint density at radius 3 is 2.60 bits per heavy atom. The summed E-state index contributed by atoms with van der Waals surface area (Å²) in [4.78, 5) is 0. The zero-order valence-corrected chi connectivity index (χ0v) is 14.9. The van der Waals surface area contributed by atoms with E-state index in [1.165, 1.54) is 14.8 Å². The predicted molar refractivity (Wildman–Crippen MR) is 73.2 cm³/mol. The van der Waals surface area contributed by atoms with Gasteiger partial charge in [0.05, 0.1) is 0 Å². The van der Waals surface area contributed by atoms with Crippen LogP contribution in [0.3, 0.4) is 0 Å². The van der Waals surface area contributed by atoms with E-state index in [9.17, 15) is 13.0 Å². The Hall–Kier alpha value is -0.470. The Balaban J connectivity index is 2.23. The Kier molecular flexibility index (Phi) is 4.56. The van der Waals surface area contributed by atoms with Crippen LogP contribution in [0.1, 0.15) is 32.8 Å². The van der Waals surface area contributed by atoms with E-state index in [1.807, 2.05) is 0 Å². The van der Waals surface area contributed by atoms with Crippen molar-refractivity contribution in [3.8, 4) is 0 Å². The molecule has 0 saturated heterocycles. The molecular weight excluding hydrogens is 389 g/mol. The van der Waals surface area contributed by atoms with Crippen LogP contribution in [0.2, 0.25) is 0 Å². The van der Waals surface area contributed by atoms with E-state index < -0.39 is 10.1 Å². The van der Waals surface area contributed by atoms with E-state index in [4.69, 9.17) is 0 Å². The van der Waals surface area contributed by atoms with Crippen LogP contribution in [-0.4, -0.2) is 33.8 Å². The molecule has 1 aliphatic rings. The second kappa shape index (κ2) is 5.73. The first-order valence-electron chi connectivity index (χ1n) is 6.51. The van der Waals surface area contributed by atoms with E-state index in [2.05, 4.69) is 47.8 Å². The Bertz CT molecular complexity index is 650. The minimum absolute atomic E-state index is 0.0368. The number of halogens is 1. The van der Waals surface area contributed by atoms with Crippen molar-refractivity contribution >= 4 is 15.8 Å². The quantitative estimate of drug-likeness (QED) is 0.349. The molecule has 112 valence electrons. The molecule has 1 heterocycles. The van der Waals surface area contributed by atoms with Crippen LogP contribution in [0.15, 0.2) is 24.3 Å². The molecule has 20 heavy (non-hydrogen) atoms. The molecule has 0 radical (unpaired) electrons. The summed E-state index contributed by atoms with van der Waals surface area (Å²) in [6.45, 7) is 7.16. The first-order valence-corrected chi connectivity index (χ1v) is 10.1. The summed E-state index contributed by atoms with van der Waals surface area (Å²) in [6, 6.07) is 8.46. The number of nitrogens with zero attached hydrogens (tertiary/aromatic N) is 1. The first-order chi connectivity index (χ1) is 9.22. The SMILES string of the molecule is CC1=[N+](CCCS(=O)(=O)[O-])[I-]c2ccccc2C1(C)C. The van der Waals surface area contributed by atoms with Gasteiger partial charge in [-0.2, -0.15) is 0 Å². The van der Waals surface area contributed by atoms with Crippen LogP contribution in [0.4, 0.5) is 0 Å². The number of fused-ring (bicyclic) bond motifs is 1. The molecule has 0 aromatic heterocycles. The van der Waals surface area contributed by atoms with Crippen LogP contribution in [0.5, 0.6) is 0 Å². The van der Waals surface area contributed by atoms with Crippen LogP contribution >= 0.6 is 0 Å². The standard InChI is InChI=1S/C14H20INO3S/c1-11-14(2,3)12-7-4-5-8-13(12)15-16(11)9-6-10-20(17,18)19/h4-5,7-8H,6,9-10H2,1-3H3,(H,17,18,19)/p-1. The molecule has 0 spiro atoms. The van der Waals surface area contributed by atoms with Gasteiger partial charge in [0, 0.05) is 0 Å². The fraction of sp³-hybridized carbons (Fsp3) is 0.500. The molecule has 1 aromatic carbocycles. The molecule has 2 rings (SSSR count). The second-order valence-electron chi connectivity index (χ2n) is 5.48. The molecule has 0 aliphatic carbocycles. The molecule has 0 unspecified atom stereocenters. The van der Waals surface area contributed by atoms with E-state index in [0.717, 1.165) is 0 Å². The number of hydrogen-bond donors (Lipinski definition) is 0. The second-order valence-corrected chi connectivity index (χ2v) is 9.81. The zero-order valence-electron chi connectivity index (χ0n) is 11.9. The van der Waals surface area contributed by atoms with Gasteiger partial charge in [-0.15, -0.1) is 0 Å². The minimum atomic E-state index is -4.11. The van der Waals surface area contributed by atoms with Gasteiger partial charge in [-0.1, -0.05) is 0 Å². The van der Waals surface area contributed by atoms with Crippen LogP contribution < -0.4 is 21.5 Å². The molecule has 1 aromatic rings. The molecule has 4 nitrogen and oxygen atoms in total. The van der Waals surface area contributed by atoms with Crippen molar-refractivity contribution in [2.24, 2.45) is 0 Å². The van der Waals surface area contributed by atoms with Crippen LogP contribution in [0, 0.1) is 3.57 Å². The van der Waals surface area contributed by atoms with Crippen molar-refractivity contribution in [2.75, 3.05) is 12.3 Å². The van der Waals surface area contributed by atoms with E-state index >= 15 is 0 Å². The van der Waals surface area contributed by atoms with Gasteiger partial charge in [-0.3, -0.25) is 0 Å². The van der Waals surface area contributed by atoms with E-state index in [-0.39, 0.29) is 32.6 Å². The van der Waals surface area contributed by atoms with Gasteiger partial charge in [-0.05, 0) is 0 Å². The van der Waals surface area contributed by atoms with Crippen molar-refractivity contribution in [1.82, 2.24) is 0 Å². The van der Waals surface area contributed by atoms with Gasteiger partial charge < -0.3 is 0 Å². The van der Waals surface area contributed by atoms with E-state index in [1.54, 1.807) is 0 Å². The molecule has 0 saturated carbocycles. The Labute approximate surface area is 131 Å². The summed E-state index contributed by atoms with van der Waals surface area (Å²) >= 11 is -0.321. The number of rotatable bonds is 4. The molecule has 0 atom stereocenters. The molecule has 1 aliphatic heterocycles.